The number of halogens is 2. The molecule has 1 N–H and O–H groups in total. The third kappa shape index (κ3) is 3.73. The third-order valence-electron chi connectivity index (χ3n) is 4.74. The van der Waals surface area contributed by atoms with E-state index in [9.17, 15) is 14.9 Å². The maximum atomic E-state index is 12.1. The maximum absolute atomic E-state index is 12.1. The van der Waals surface area contributed by atoms with Crippen LogP contribution in [0.15, 0.2) is 52.1 Å². The van der Waals surface area contributed by atoms with Gasteiger partial charge in [0, 0.05) is 10.0 Å². The summed E-state index contributed by atoms with van der Waals surface area (Å²) in [5, 5.41) is 23.7. The van der Waals surface area contributed by atoms with E-state index < -0.39 is 22.4 Å². The average molecular weight is 440 g/mol. The topological polar surface area (TPSA) is 115 Å². The van der Waals surface area contributed by atoms with Crippen molar-refractivity contribution in [3.8, 4) is 17.8 Å². The van der Waals surface area contributed by atoms with Gasteiger partial charge in [0.25, 0.3) is 5.56 Å². The number of rotatable bonds is 5. The predicted molar refractivity (Wildman–Crippen MR) is 113 cm³/mol. The van der Waals surface area contributed by atoms with Crippen molar-refractivity contribution in [1.29, 1.82) is 10.5 Å². The van der Waals surface area contributed by atoms with Crippen molar-refractivity contribution in [1.82, 2.24) is 14.8 Å². The van der Waals surface area contributed by atoms with Crippen LogP contribution in [0.1, 0.15) is 36.6 Å². The minimum Gasteiger partial charge on any atom is -0.270 e. The first-order valence-corrected chi connectivity index (χ1v) is 9.73. The van der Waals surface area contributed by atoms with Crippen molar-refractivity contribution < 1.29 is 0 Å². The Bertz CT molecular complexity index is 1300. The fraction of sp³-hybridized carbons (Fsp3) is 0.190. The zero-order chi connectivity index (χ0) is 21.9. The number of benzene rings is 2. The average Bonchev–Trinajstić information content (AvgIpc) is 2.73. The van der Waals surface area contributed by atoms with E-state index in [2.05, 4.69) is 11.2 Å². The van der Waals surface area contributed by atoms with Crippen LogP contribution in [-0.4, -0.2) is 14.8 Å². The second-order valence-corrected chi connectivity index (χ2v) is 7.41. The summed E-state index contributed by atoms with van der Waals surface area (Å²) in [6.07, 6.45) is 1.24. The minimum absolute atomic E-state index is 0.246. The van der Waals surface area contributed by atoms with Crippen LogP contribution < -0.4 is 11.2 Å². The highest BCUT2D eigenvalue weighted by atomic mass is 35.5. The number of nitrogens with zero attached hydrogens (tertiary/aromatic N) is 4. The Morgan fingerprint density at radius 3 is 2.40 bits per heavy atom. The highest BCUT2D eigenvalue weighted by molar-refractivity contribution is 6.32. The lowest BCUT2D eigenvalue weighted by Crippen LogP contribution is -2.33. The van der Waals surface area contributed by atoms with E-state index in [1.807, 2.05) is 11.9 Å². The fourth-order valence-electron chi connectivity index (χ4n) is 3.35. The summed E-state index contributed by atoms with van der Waals surface area (Å²) in [6, 6.07) is 15.7. The largest absolute Gasteiger partial charge is 0.349 e. The van der Waals surface area contributed by atoms with E-state index >= 15 is 0 Å². The Labute approximate surface area is 181 Å². The minimum atomic E-state index is -1.02. The van der Waals surface area contributed by atoms with Gasteiger partial charge in [0.2, 0.25) is 5.69 Å². The van der Waals surface area contributed by atoms with E-state index in [-0.39, 0.29) is 10.7 Å². The molecule has 0 spiro atoms. The van der Waals surface area contributed by atoms with Gasteiger partial charge in [-0.05, 0) is 41.8 Å². The molecule has 1 atom stereocenters. The van der Waals surface area contributed by atoms with E-state index in [0.717, 1.165) is 16.7 Å². The zero-order valence-corrected chi connectivity index (χ0v) is 17.3. The molecule has 0 aliphatic heterocycles. The summed E-state index contributed by atoms with van der Waals surface area (Å²) < 4.78 is 0.881. The molecule has 9 heteroatoms. The molecule has 150 valence electrons. The summed E-state index contributed by atoms with van der Waals surface area (Å²) in [6.45, 7) is 1.97. The molecular weight excluding hydrogens is 425 g/mol. The van der Waals surface area contributed by atoms with Crippen LogP contribution in [0.3, 0.4) is 0 Å². The van der Waals surface area contributed by atoms with Crippen LogP contribution in [0.2, 0.25) is 10.0 Å². The van der Waals surface area contributed by atoms with E-state index in [4.69, 9.17) is 28.5 Å². The molecule has 1 unspecified atom stereocenters. The van der Waals surface area contributed by atoms with Gasteiger partial charge in [0.15, 0.2) is 0 Å². The molecule has 0 saturated heterocycles. The monoisotopic (exact) mass is 439 g/mol. The standard InChI is InChI=1S/C21H15Cl2N5O2/c1-2-9-21(12-25,13-3-5-14(22)6-4-13)16-8-7-15(10-17(16)23)28-20(30)26-19(29)18(11-24)27-28/h3-8,10H,2,9H2,1H3,(H,26,29,30). The Kier molecular flexibility index (Phi) is 6.07. The van der Waals surface area contributed by atoms with Crippen LogP contribution in [0, 0.1) is 22.7 Å². The Balaban J connectivity index is 2.19. The summed E-state index contributed by atoms with van der Waals surface area (Å²) in [7, 11) is 0. The molecule has 0 aliphatic carbocycles. The molecule has 0 saturated carbocycles. The predicted octanol–water partition coefficient (Wildman–Crippen LogP) is 3.71. The molecule has 0 radical (unpaired) electrons. The van der Waals surface area contributed by atoms with E-state index in [1.165, 1.54) is 6.07 Å². The van der Waals surface area contributed by atoms with Crippen molar-refractivity contribution in [3.05, 3.63) is 90.2 Å². The Morgan fingerprint density at radius 1 is 1.13 bits per heavy atom. The number of aromatic amines is 1. The van der Waals surface area contributed by atoms with Crippen molar-refractivity contribution in [2.75, 3.05) is 0 Å². The van der Waals surface area contributed by atoms with Gasteiger partial charge < -0.3 is 0 Å². The summed E-state index contributed by atoms with van der Waals surface area (Å²) >= 11 is 12.6. The van der Waals surface area contributed by atoms with Gasteiger partial charge in [-0.25, -0.2) is 4.79 Å². The maximum Gasteiger partial charge on any atom is 0.349 e. The van der Waals surface area contributed by atoms with Crippen molar-refractivity contribution in [2.24, 2.45) is 0 Å². The van der Waals surface area contributed by atoms with Gasteiger partial charge >= 0.3 is 5.69 Å². The van der Waals surface area contributed by atoms with Gasteiger partial charge in [-0.1, -0.05) is 54.7 Å². The molecule has 1 aromatic heterocycles. The van der Waals surface area contributed by atoms with Crippen LogP contribution >= 0.6 is 23.2 Å². The van der Waals surface area contributed by atoms with Gasteiger partial charge in [0.1, 0.15) is 11.5 Å². The molecule has 0 amide bonds. The first-order chi connectivity index (χ1) is 14.4. The fourth-order valence-corrected chi connectivity index (χ4v) is 3.82. The van der Waals surface area contributed by atoms with Gasteiger partial charge in [-0.2, -0.15) is 15.2 Å². The highest BCUT2D eigenvalue weighted by Crippen LogP contribution is 2.40. The van der Waals surface area contributed by atoms with Gasteiger partial charge in [-0.3, -0.25) is 9.78 Å². The lowest BCUT2D eigenvalue weighted by molar-refractivity contribution is 0.582. The number of H-pyrrole nitrogens is 1. The number of hydrogen-bond acceptors (Lipinski definition) is 5. The molecule has 3 rings (SSSR count). The lowest BCUT2D eigenvalue weighted by atomic mass is 9.72. The van der Waals surface area contributed by atoms with E-state index in [0.29, 0.717) is 17.0 Å². The lowest BCUT2D eigenvalue weighted by Gasteiger charge is -2.29. The molecule has 1 heterocycles. The number of nitrogens with one attached hydrogen (secondary N) is 1. The number of hydrogen-bond donors (Lipinski definition) is 1. The number of aromatic nitrogens is 3. The Hall–Kier alpha value is -3.39. The van der Waals surface area contributed by atoms with Crippen LogP contribution in [0.25, 0.3) is 5.69 Å². The smallest absolute Gasteiger partial charge is 0.270 e. The normalized spacial score (nSPS) is 12.6. The third-order valence-corrected chi connectivity index (χ3v) is 5.31. The molecule has 2 aromatic carbocycles. The highest BCUT2D eigenvalue weighted by Gasteiger charge is 2.35. The number of nitriles is 2. The van der Waals surface area contributed by atoms with Crippen LogP contribution in [-0.2, 0) is 5.41 Å². The van der Waals surface area contributed by atoms with Crippen LogP contribution in [0.4, 0.5) is 0 Å². The second kappa shape index (κ2) is 8.54. The van der Waals surface area contributed by atoms with Crippen molar-refractivity contribution in [2.45, 2.75) is 25.2 Å². The molecule has 7 nitrogen and oxygen atoms in total. The molecular formula is C21H15Cl2N5O2. The molecule has 0 fully saturated rings. The second-order valence-electron chi connectivity index (χ2n) is 6.57. The first-order valence-electron chi connectivity index (χ1n) is 8.97. The van der Waals surface area contributed by atoms with Crippen LogP contribution in [0.5, 0.6) is 0 Å². The SMILES string of the molecule is CCCC(C#N)(c1ccc(Cl)cc1)c1ccc(-n2nc(C#N)c(=O)[nH]c2=O)cc1Cl. The van der Waals surface area contributed by atoms with Gasteiger partial charge in [-0.15, -0.1) is 5.10 Å². The quantitative estimate of drug-likeness (QED) is 0.650. The summed E-state index contributed by atoms with van der Waals surface area (Å²) in [4.78, 5) is 25.8. The summed E-state index contributed by atoms with van der Waals surface area (Å²) in [5.41, 5.74) is -1.57. The van der Waals surface area contributed by atoms with Crippen molar-refractivity contribution in [3.63, 3.8) is 0 Å². The van der Waals surface area contributed by atoms with Crippen molar-refractivity contribution >= 4 is 23.2 Å². The first kappa shape index (κ1) is 21.3. The molecule has 0 aliphatic rings. The van der Waals surface area contributed by atoms with Gasteiger partial charge in [0.05, 0.1) is 11.8 Å². The Morgan fingerprint density at radius 2 is 1.83 bits per heavy atom. The van der Waals surface area contributed by atoms with E-state index in [1.54, 1.807) is 42.5 Å². The molecule has 30 heavy (non-hydrogen) atoms. The molecule has 0 bridgehead atoms. The molecule has 3 aromatic rings. The zero-order valence-electron chi connectivity index (χ0n) is 15.8. The summed E-state index contributed by atoms with van der Waals surface area (Å²) in [5.74, 6) is 0.